The van der Waals surface area contributed by atoms with E-state index in [2.05, 4.69) is 29.2 Å². The quantitative estimate of drug-likeness (QED) is 0.600. The Bertz CT molecular complexity index is 1130. The fourth-order valence-corrected chi connectivity index (χ4v) is 5.45. The Balaban J connectivity index is 1.39. The van der Waals surface area contributed by atoms with Crippen LogP contribution in [-0.4, -0.2) is 82.4 Å². The lowest BCUT2D eigenvalue weighted by Gasteiger charge is -2.38. The average Bonchev–Trinajstić information content (AvgIpc) is 2.84. The van der Waals surface area contributed by atoms with E-state index >= 15 is 0 Å². The summed E-state index contributed by atoms with van der Waals surface area (Å²) in [5.74, 6) is 0.842. The minimum atomic E-state index is -3.71. The molecule has 2 aromatic rings. The number of carbonyl (C=O) groups excluding carboxylic acids is 1. The summed E-state index contributed by atoms with van der Waals surface area (Å²) in [6.45, 7) is 5.87. The number of hydrogen-bond acceptors (Lipinski definition) is 6. The van der Waals surface area contributed by atoms with E-state index in [1.54, 1.807) is 30.0 Å². The Morgan fingerprint density at radius 3 is 2.38 bits per heavy atom. The molecule has 1 saturated heterocycles. The van der Waals surface area contributed by atoms with E-state index in [-0.39, 0.29) is 5.91 Å². The van der Waals surface area contributed by atoms with Gasteiger partial charge in [0.1, 0.15) is 19.3 Å². The molecule has 2 heterocycles. The Morgan fingerprint density at radius 2 is 1.71 bits per heavy atom. The van der Waals surface area contributed by atoms with Crippen LogP contribution in [0.25, 0.3) is 6.08 Å². The van der Waals surface area contributed by atoms with Crippen molar-refractivity contribution in [2.24, 2.45) is 0 Å². The zero-order chi connectivity index (χ0) is 24.1. The van der Waals surface area contributed by atoms with Gasteiger partial charge in [-0.3, -0.25) is 14.0 Å². The van der Waals surface area contributed by atoms with Gasteiger partial charge in [0.2, 0.25) is 15.9 Å². The summed E-state index contributed by atoms with van der Waals surface area (Å²) in [4.78, 5) is 17.3. The van der Waals surface area contributed by atoms with Crippen molar-refractivity contribution in [2.75, 3.05) is 56.5 Å². The first kappa shape index (κ1) is 24.1. The van der Waals surface area contributed by atoms with Crippen LogP contribution in [-0.2, 0) is 14.8 Å². The van der Waals surface area contributed by atoms with Crippen LogP contribution in [0.5, 0.6) is 11.5 Å². The standard InChI is InChI=1S/C25H31N3O5S/c1-20(28(34(2,30)31)22-10-11-23-24(19-22)33-18-17-32-23)25(29)27-15-13-26(14-16-27)12-6-9-21-7-4-3-5-8-21/h3-11,19-20H,12-18H2,1-2H3/b9-6+/t20-/m1/s1. The fourth-order valence-electron chi connectivity index (χ4n) is 4.29. The molecule has 2 aliphatic heterocycles. The number of benzene rings is 2. The SMILES string of the molecule is C[C@H](C(=O)N1CCN(C/C=C/c2ccccc2)CC1)N(c1ccc2c(c1)OCCO2)S(C)(=O)=O. The maximum absolute atomic E-state index is 13.3. The lowest BCUT2D eigenvalue weighted by atomic mass is 10.2. The van der Waals surface area contributed by atoms with Crippen molar-refractivity contribution in [3.63, 3.8) is 0 Å². The summed E-state index contributed by atoms with van der Waals surface area (Å²) in [6, 6.07) is 14.2. The van der Waals surface area contributed by atoms with Crippen molar-refractivity contribution in [2.45, 2.75) is 13.0 Å². The van der Waals surface area contributed by atoms with Gasteiger partial charge in [-0.25, -0.2) is 8.42 Å². The van der Waals surface area contributed by atoms with Crippen LogP contribution in [0.4, 0.5) is 5.69 Å². The number of carbonyl (C=O) groups is 1. The van der Waals surface area contributed by atoms with Gasteiger partial charge in [0.25, 0.3) is 0 Å². The van der Waals surface area contributed by atoms with Gasteiger partial charge in [-0.05, 0) is 24.6 Å². The highest BCUT2D eigenvalue weighted by molar-refractivity contribution is 7.92. The van der Waals surface area contributed by atoms with Crippen molar-refractivity contribution in [1.82, 2.24) is 9.80 Å². The van der Waals surface area contributed by atoms with Crippen molar-refractivity contribution in [3.8, 4) is 11.5 Å². The highest BCUT2D eigenvalue weighted by Gasteiger charge is 2.34. The second kappa shape index (κ2) is 10.5. The summed E-state index contributed by atoms with van der Waals surface area (Å²) >= 11 is 0. The third-order valence-corrected chi connectivity index (χ3v) is 7.25. The molecule has 4 rings (SSSR count). The van der Waals surface area contributed by atoms with E-state index in [1.807, 2.05) is 18.2 Å². The predicted molar refractivity (Wildman–Crippen MR) is 133 cm³/mol. The second-order valence-electron chi connectivity index (χ2n) is 8.50. The molecular weight excluding hydrogens is 454 g/mol. The number of sulfonamides is 1. The summed E-state index contributed by atoms with van der Waals surface area (Å²) in [7, 11) is -3.71. The average molecular weight is 486 g/mol. The van der Waals surface area contributed by atoms with Crippen molar-refractivity contribution < 1.29 is 22.7 Å². The molecule has 0 saturated carbocycles. The molecule has 1 amide bonds. The lowest BCUT2D eigenvalue weighted by molar-refractivity contribution is -0.133. The van der Waals surface area contributed by atoms with Crippen LogP contribution in [0.3, 0.4) is 0 Å². The summed E-state index contributed by atoms with van der Waals surface area (Å²) in [5, 5.41) is 0. The third-order valence-electron chi connectivity index (χ3n) is 6.00. The van der Waals surface area contributed by atoms with Crippen molar-refractivity contribution >= 4 is 27.7 Å². The molecule has 0 unspecified atom stereocenters. The smallest absolute Gasteiger partial charge is 0.246 e. The lowest BCUT2D eigenvalue weighted by Crippen LogP contribution is -2.55. The van der Waals surface area contributed by atoms with Crippen LogP contribution >= 0.6 is 0 Å². The van der Waals surface area contributed by atoms with Crippen LogP contribution in [0.1, 0.15) is 12.5 Å². The van der Waals surface area contributed by atoms with Gasteiger partial charge in [-0.2, -0.15) is 0 Å². The second-order valence-corrected chi connectivity index (χ2v) is 10.4. The van der Waals surface area contributed by atoms with Gasteiger partial charge < -0.3 is 14.4 Å². The molecule has 2 aliphatic rings. The number of amides is 1. The minimum Gasteiger partial charge on any atom is -0.486 e. The molecule has 0 N–H and O–H groups in total. The van der Waals surface area contributed by atoms with Gasteiger partial charge in [0.05, 0.1) is 11.9 Å². The Hall–Kier alpha value is -3.04. The molecule has 182 valence electrons. The van der Waals surface area contributed by atoms with E-state index in [0.717, 1.165) is 31.5 Å². The summed E-state index contributed by atoms with van der Waals surface area (Å²) < 4.78 is 37.7. The first-order valence-corrected chi connectivity index (χ1v) is 13.3. The first-order valence-electron chi connectivity index (χ1n) is 11.4. The number of piperazine rings is 1. The van der Waals surface area contributed by atoms with Crippen LogP contribution < -0.4 is 13.8 Å². The van der Waals surface area contributed by atoms with Gasteiger partial charge in [0, 0.05) is 38.8 Å². The number of rotatable bonds is 7. The monoisotopic (exact) mass is 485 g/mol. The van der Waals surface area contributed by atoms with Crippen LogP contribution in [0.15, 0.2) is 54.6 Å². The molecule has 0 bridgehead atoms. The first-order chi connectivity index (χ1) is 16.3. The fraction of sp³-hybridized carbons (Fsp3) is 0.400. The summed E-state index contributed by atoms with van der Waals surface area (Å²) in [5.41, 5.74) is 1.54. The molecule has 0 aromatic heterocycles. The maximum atomic E-state index is 13.3. The number of ether oxygens (including phenoxy) is 2. The van der Waals surface area contributed by atoms with E-state index in [1.165, 1.54) is 4.31 Å². The molecule has 0 aliphatic carbocycles. The van der Waals surface area contributed by atoms with E-state index in [9.17, 15) is 13.2 Å². The van der Waals surface area contributed by atoms with Crippen molar-refractivity contribution in [3.05, 3.63) is 60.2 Å². The molecule has 9 heteroatoms. The highest BCUT2D eigenvalue weighted by atomic mass is 32.2. The van der Waals surface area contributed by atoms with Crippen molar-refractivity contribution in [1.29, 1.82) is 0 Å². The zero-order valence-electron chi connectivity index (χ0n) is 19.6. The normalized spacial score (nSPS) is 17.5. The predicted octanol–water partition coefficient (Wildman–Crippen LogP) is 2.47. The Kier molecular flexibility index (Phi) is 7.43. The number of nitrogens with zero attached hydrogens (tertiary/aromatic N) is 3. The molecule has 1 fully saturated rings. The van der Waals surface area contributed by atoms with Crippen LogP contribution in [0, 0.1) is 0 Å². The molecular formula is C25H31N3O5S. The molecule has 0 spiro atoms. The highest BCUT2D eigenvalue weighted by Crippen LogP contribution is 2.35. The van der Waals surface area contributed by atoms with Gasteiger partial charge >= 0.3 is 0 Å². The largest absolute Gasteiger partial charge is 0.486 e. The Morgan fingerprint density at radius 1 is 1.03 bits per heavy atom. The molecule has 2 aromatic carbocycles. The zero-order valence-corrected chi connectivity index (χ0v) is 20.4. The number of anilines is 1. The molecule has 8 nitrogen and oxygen atoms in total. The van der Waals surface area contributed by atoms with E-state index < -0.39 is 16.1 Å². The van der Waals surface area contributed by atoms with E-state index in [4.69, 9.17) is 9.47 Å². The molecule has 1 atom stereocenters. The Labute approximate surface area is 201 Å². The van der Waals surface area contributed by atoms with Gasteiger partial charge in [0.15, 0.2) is 11.5 Å². The number of hydrogen-bond donors (Lipinski definition) is 0. The van der Waals surface area contributed by atoms with Crippen LogP contribution in [0.2, 0.25) is 0 Å². The molecule has 0 radical (unpaired) electrons. The maximum Gasteiger partial charge on any atom is 0.246 e. The number of fused-ring (bicyclic) bond motifs is 1. The van der Waals surface area contributed by atoms with Gasteiger partial charge in [-0.1, -0.05) is 42.5 Å². The topological polar surface area (TPSA) is 79.4 Å². The summed E-state index contributed by atoms with van der Waals surface area (Å²) in [6.07, 6.45) is 5.34. The molecule has 34 heavy (non-hydrogen) atoms. The third kappa shape index (κ3) is 5.71. The van der Waals surface area contributed by atoms with Gasteiger partial charge in [-0.15, -0.1) is 0 Å². The van der Waals surface area contributed by atoms with E-state index in [0.29, 0.717) is 43.5 Å². The minimum absolute atomic E-state index is 0.209.